The molecule has 0 atom stereocenters. The van der Waals surface area contributed by atoms with E-state index in [0.29, 0.717) is 12.3 Å². The number of aryl methyl sites for hydroxylation is 1. The van der Waals surface area contributed by atoms with Crippen LogP contribution in [0.5, 0.6) is 5.75 Å². The largest absolute Gasteiger partial charge is 0.497 e. The zero-order valence-corrected chi connectivity index (χ0v) is 14.3. The van der Waals surface area contributed by atoms with Crippen molar-refractivity contribution < 1.29 is 19.1 Å². The van der Waals surface area contributed by atoms with Crippen molar-refractivity contribution in [3.8, 4) is 5.75 Å². The molecule has 0 aliphatic rings. The van der Waals surface area contributed by atoms with Crippen LogP contribution in [0.25, 0.3) is 6.08 Å². The van der Waals surface area contributed by atoms with Gasteiger partial charge < -0.3 is 14.8 Å². The molecule has 130 valence electrons. The van der Waals surface area contributed by atoms with Gasteiger partial charge in [-0.05, 0) is 36.3 Å². The van der Waals surface area contributed by atoms with Gasteiger partial charge in [-0.15, -0.1) is 0 Å². The monoisotopic (exact) mass is 339 g/mol. The molecule has 0 aliphatic carbocycles. The smallest absolute Gasteiger partial charge is 0.331 e. The normalized spacial score (nSPS) is 10.5. The molecule has 25 heavy (non-hydrogen) atoms. The fourth-order valence-corrected chi connectivity index (χ4v) is 2.05. The number of ether oxygens (including phenoxy) is 2. The molecule has 0 aromatic heterocycles. The molecule has 0 spiro atoms. The number of benzene rings is 2. The first kappa shape index (κ1) is 18.3. The minimum Gasteiger partial charge on any atom is -0.497 e. The van der Waals surface area contributed by atoms with Gasteiger partial charge in [-0.25, -0.2) is 4.79 Å². The summed E-state index contributed by atoms with van der Waals surface area (Å²) < 4.78 is 10.0. The number of hydrogen-bond acceptors (Lipinski definition) is 4. The van der Waals surface area contributed by atoms with Gasteiger partial charge in [0.2, 0.25) is 0 Å². The van der Waals surface area contributed by atoms with Gasteiger partial charge in [0, 0.05) is 12.6 Å². The number of carbonyl (C=O) groups is 2. The van der Waals surface area contributed by atoms with Crippen LogP contribution in [0.3, 0.4) is 0 Å². The highest BCUT2D eigenvalue weighted by molar-refractivity contribution is 5.89. The Kier molecular flexibility index (Phi) is 6.77. The molecular weight excluding hydrogens is 318 g/mol. The summed E-state index contributed by atoms with van der Waals surface area (Å²) in [6, 6.07) is 15.1. The zero-order valence-electron chi connectivity index (χ0n) is 14.3. The molecule has 1 amide bonds. The minimum atomic E-state index is -0.576. The molecule has 5 heteroatoms. The Morgan fingerprint density at radius 3 is 2.60 bits per heavy atom. The topological polar surface area (TPSA) is 64.6 Å². The van der Waals surface area contributed by atoms with Crippen LogP contribution in [0.15, 0.2) is 54.6 Å². The van der Waals surface area contributed by atoms with Gasteiger partial charge in [0.05, 0.1) is 7.11 Å². The lowest BCUT2D eigenvalue weighted by Gasteiger charge is -2.06. The lowest BCUT2D eigenvalue weighted by Crippen LogP contribution is -2.28. The number of rotatable bonds is 7. The maximum Gasteiger partial charge on any atom is 0.331 e. The molecule has 0 radical (unpaired) electrons. The van der Waals surface area contributed by atoms with Crippen molar-refractivity contribution >= 4 is 18.0 Å². The van der Waals surface area contributed by atoms with Gasteiger partial charge >= 0.3 is 5.97 Å². The third-order valence-corrected chi connectivity index (χ3v) is 3.46. The molecule has 0 unspecified atom stereocenters. The third-order valence-electron chi connectivity index (χ3n) is 3.46. The van der Waals surface area contributed by atoms with Gasteiger partial charge in [0.1, 0.15) is 5.75 Å². The molecule has 0 aliphatic heterocycles. The Balaban J connectivity index is 1.74. The van der Waals surface area contributed by atoms with E-state index in [1.54, 1.807) is 19.3 Å². The molecule has 0 heterocycles. The second kappa shape index (κ2) is 9.27. The number of amides is 1. The second-order valence-corrected chi connectivity index (χ2v) is 5.48. The highest BCUT2D eigenvalue weighted by Crippen LogP contribution is 2.13. The van der Waals surface area contributed by atoms with Gasteiger partial charge in [-0.2, -0.15) is 0 Å². The predicted octanol–water partition coefficient (Wildman–Crippen LogP) is 2.88. The van der Waals surface area contributed by atoms with E-state index in [4.69, 9.17) is 9.47 Å². The average molecular weight is 339 g/mol. The van der Waals surface area contributed by atoms with Gasteiger partial charge in [-0.3, -0.25) is 4.79 Å². The quantitative estimate of drug-likeness (QED) is 0.622. The summed E-state index contributed by atoms with van der Waals surface area (Å²) in [5.74, 6) is -0.219. The maximum absolute atomic E-state index is 11.7. The SMILES string of the molecule is COc1cccc(C=CC(=O)OCC(=O)NCc2ccc(C)cc2)c1. The van der Waals surface area contributed by atoms with Crippen molar-refractivity contribution in [1.82, 2.24) is 5.32 Å². The van der Waals surface area contributed by atoms with Gasteiger partial charge in [0.15, 0.2) is 6.61 Å². The Labute approximate surface area is 147 Å². The molecule has 2 aromatic rings. The van der Waals surface area contributed by atoms with Crippen LogP contribution in [0.4, 0.5) is 0 Å². The van der Waals surface area contributed by atoms with E-state index in [2.05, 4.69) is 5.32 Å². The molecule has 1 N–H and O–H groups in total. The van der Waals surface area contributed by atoms with Gasteiger partial charge in [0.25, 0.3) is 5.91 Å². The van der Waals surface area contributed by atoms with Crippen molar-refractivity contribution in [2.75, 3.05) is 13.7 Å². The van der Waals surface area contributed by atoms with Crippen molar-refractivity contribution in [2.24, 2.45) is 0 Å². The van der Waals surface area contributed by atoms with E-state index in [1.165, 1.54) is 6.08 Å². The highest BCUT2D eigenvalue weighted by Gasteiger charge is 2.05. The number of methoxy groups -OCH3 is 1. The van der Waals surface area contributed by atoms with E-state index < -0.39 is 5.97 Å². The predicted molar refractivity (Wildman–Crippen MR) is 96.0 cm³/mol. The van der Waals surface area contributed by atoms with Crippen LogP contribution in [0.1, 0.15) is 16.7 Å². The molecule has 0 bridgehead atoms. The fraction of sp³-hybridized carbons (Fsp3) is 0.200. The van der Waals surface area contributed by atoms with Crippen molar-refractivity contribution in [1.29, 1.82) is 0 Å². The standard InChI is InChI=1S/C20H21NO4/c1-15-6-8-17(9-7-15)13-21-19(22)14-25-20(23)11-10-16-4-3-5-18(12-16)24-2/h3-12H,13-14H2,1-2H3,(H,21,22). The van der Waals surface area contributed by atoms with E-state index in [9.17, 15) is 9.59 Å². The Morgan fingerprint density at radius 2 is 1.88 bits per heavy atom. The number of carbonyl (C=O) groups excluding carboxylic acids is 2. The fourth-order valence-electron chi connectivity index (χ4n) is 2.05. The molecule has 5 nitrogen and oxygen atoms in total. The van der Waals surface area contributed by atoms with Crippen LogP contribution in [-0.4, -0.2) is 25.6 Å². The molecule has 2 aromatic carbocycles. The summed E-state index contributed by atoms with van der Waals surface area (Å²) in [6.45, 7) is 2.09. The van der Waals surface area contributed by atoms with Crippen LogP contribution in [0, 0.1) is 6.92 Å². The van der Waals surface area contributed by atoms with Crippen molar-refractivity contribution in [3.05, 3.63) is 71.3 Å². The van der Waals surface area contributed by atoms with Crippen LogP contribution in [0.2, 0.25) is 0 Å². The van der Waals surface area contributed by atoms with Crippen molar-refractivity contribution in [3.63, 3.8) is 0 Å². The van der Waals surface area contributed by atoms with E-state index in [1.807, 2.05) is 49.4 Å². The third kappa shape index (κ3) is 6.51. The number of hydrogen-bond donors (Lipinski definition) is 1. The van der Waals surface area contributed by atoms with E-state index in [-0.39, 0.29) is 12.5 Å². The van der Waals surface area contributed by atoms with Gasteiger partial charge in [-0.1, -0.05) is 42.0 Å². The minimum absolute atomic E-state index is 0.312. The summed E-state index contributed by atoms with van der Waals surface area (Å²) in [5, 5.41) is 2.71. The Hall–Kier alpha value is -3.08. The first-order valence-corrected chi connectivity index (χ1v) is 7.88. The van der Waals surface area contributed by atoms with E-state index in [0.717, 1.165) is 16.7 Å². The molecule has 0 saturated heterocycles. The molecule has 0 saturated carbocycles. The lowest BCUT2D eigenvalue weighted by molar-refractivity contribution is -0.143. The first-order valence-electron chi connectivity index (χ1n) is 7.88. The summed E-state index contributed by atoms with van der Waals surface area (Å²) in [6.07, 6.45) is 2.89. The summed E-state index contributed by atoms with van der Waals surface area (Å²) in [4.78, 5) is 23.4. The maximum atomic E-state index is 11.7. The highest BCUT2D eigenvalue weighted by atomic mass is 16.5. The number of nitrogens with one attached hydrogen (secondary N) is 1. The number of esters is 1. The zero-order chi connectivity index (χ0) is 18.1. The molecule has 2 rings (SSSR count). The van der Waals surface area contributed by atoms with Crippen LogP contribution >= 0.6 is 0 Å². The molecule has 0 fully saturated rings. The second-order valence-electron chi connectivity index (χ2n) is 5.48. The van der Waals surface area contributed by atoms with Crippen molar-refractivity contribution in [2.45, 2.75) is 13.5 Å². The van der Waals surface area contributed by atoms with E-state index >= 15 is 0 Å². The molecular formula is C20H21NO4. The van der Waals surface area contributed by atoms with Crippen LogP contribution in [-0.2, 0) is 20.9 Å². The van der Waals surface area contributed by atoms with Crippen LogP contribution < -0.4 is 10.1 Å². The summed E-state index contributed by atoms with van der Waals surface area (Å²) in [5.41, 5.74) is 2.95. The first-order chi connectivity index (χ1) is 12.1. The summed E-state index contributed by atoms with van der Waals surface area (Å²) >= 11 is 0. The average Bonchev–Trinajstić information content (AvgIpc) is 2.64. The lowest BCUT2D eigenvalue weighted by atomic mass is 10.1. The Morgan fingerprint density at radius 1 is 1.12 bits per heavy atom. The summed E-state index contributed by atoms with van der Waals surface area (Å²) in [7, 11) is 1.58. The Bertz CT molecular complexity index is 751.